The van der Waals surface area contributed by atoms with Crippen molar-refractivity contribution in [1.82, 2.24) is 5.32 Å². The van der Waals surface area contributed by atoms with Gasteiger partial charge in [0.05, 0.1) is 26.2 Å². The summed E-state index contributed by atoms with van der Waals surface area (Å²) in [5.41, 5.74) is 1.38. The second-order valence-corrected chi connectivity index (χ2v) is 10.0. The first-order valence-corrected chi connectivity index (χ1v) is 14.3. The van der Waals surface area contributed by atoms with Crippen LogP contribution >= 0.6 is 0 Å². The molecule has 0 radical (unpaired) electrons. The molecule has 0 aliphatic carbocycles. The fourth-order valence-electron chi connectivity index (χ4n) is 4.81. The molecule has 0 spiro atoms. The average Bonchev–Trinajstić information content (AvgIpc) is 2.84. The van der Waals surface area contributed by atoms with Gasteiger partial charge in [-0.05, 0) is 20.3 Å². The van der Waals surface area contributed by atoms with Crippen molar-refractivity contribution in [2.45, 2.75) is 124 Å². The Balaban J connectivity index is 0.0000109. The van der Waals surface area contributed by atoms with E-state index in [9.17, 15) is 4.79 Å². The normalized spacial score (nSPS) is 11.3. The lowest BCUT2D eigenvalue weighted by atomic mass is 10.0. The molecule has 4 heteroatoms. The van der Waals surface area contributed by atoms with Crippen molar-refractivity contribution in [3.63, 3.8) is 0 Å². The third-order valence-corrected chi connectivity index (χ3v) is 7.37. The molecule has 1 N–H and O–H groups in total. The maximum absolute atomic E-state index is 12.3. The summed E-state index contributed by atoms with van der Waals surface area (Å²) in [6, 6.07) is 10.7. The number of quaternary nitrogens is 1. The van der Waals surface area contributed by atoms with E-state index >= 15 is 0 Å². The van der Waals surface area contributed by atoms with Gasteiger partial charge in [0.2, 0.25) is 5.91 Å². The van der Waals surface area contributed by atoms with Crippen molar-refractivity contribution in [1.29, 1.82) is 0 Å². The van der Waals surface area contributed by atoms with E-state index in [-0.39, 0.29) is 18.3 Å². The van der Waals surface area contributed by atoms with Crippen molar-refractivity contribution in [3.8, 4) is 0 Å². The molecule has 0 heterocycles. The van der Waals surface area contributed by atoms with Crippen LogP contribution in [-0.2, 0) is 11.3 Å². The Hall–Kier alpha value is -1.06. The average molecular weight is 495 g/mol. The Morgan fingerprint density at radius 3 is 1.65 bits per heavy atom. The highest BCUT2D eigenvalue weighted by Crippen LogP contribution is 2.15. The summed E-state index contributed by atoms with van der Waals surface area (Å²) in [6.07, 6.45) is 19.6. The van der Waals surface area contributed by atoms with Crippen LogP contribution in [0.15, 0.2) is 30.3 Å². The van der Waals surface area contributed by atoms with Crippen LogP contribution in [0, 0.1) is 0 Å². The van der Waals surface area contributed by atoms with Gasteiger partial charge in [0.1, 0.15) is 6.54 Å². The first kappa shape index (κ1) is 32.9. The van der Waals surface area contributed by atoms with E-state index in [1.807, 2.05) is 0 Å². The van der Waals surface area contributed by atoms with E-state index in [1.165, 1.54) is 89.0 Å². The molecular formula is C30H55ClN2O. The van der Waals surface area contributed by atoms with Gasteiger partial charge in [0.25, 0.3) is 0 Å². The zero-order valence-corrected chi connectivity index (χ0v) is 23.5. The second kappa shape index (κ2) is 22.4. The maximum atomic E-state index is 12.3. The molecular weight excluding hydrogens is 440 g/mol. The number of benzene rings is 1. The van der Waals surface area contributed by atoms with Crippen molar-refractivity contribution in [3.05, 3.63) is 35.9 Å². The third-order valence-electron chi connectivity index (χ3n) is 7.37. The predicted molar refractivity (Wildman–Crippen MR) is 144 cm³/mol. The molecule has 1 aromatic carbocycles. The fraction of sp³-hybridized carbons (Fsp3) is 0.767. The van der Waals surface area contributed by atoms with Crippen LogP contribution in [0.2, 0.25) is 0 Å². The molecule has 0 aromatic heterocycles. The number of carbonyl (C=O) groups is 1. The Kier molecular flexibility index (Phi) is 21.7. The van der Waals surface area contributed by atoms with E-state index in [1.54, 1.807) is 0 Å². The SMILES string of the molecule is CCCCCCCCCCCCCCCCC(=O)NCC[N+](CC)(CC)Cc1ccccc1.[Cl-]. The van der Waals surface area contributed by atoms with E-state index in [4.69, 9.17) is 0 Å². The quantitative estimate of drug-likeness (QED) is 0.178. The van der Waals surface area contributed by atoms with Gasteiger partial charge in [-0.25, -0.2) is 0 Å². The number of hydrogen-bond acceptors (Lipinski definition) is 1. The molecule has 0 bridgehead atoms. The number of nitrogens with zero attached hydrogens (tertiary/aromatic N) is 1. The van der Waals surface area contributed by atoms with E-state index < -0.39 is 0 Å². The second-order valence-electron chi connectivity index (χ2n) is 10.0. The Morgan fingerprint density at radius 1 is 0.706 bits per heavy atom. The third kappa shape index (κ3) is 16.5. The van der Waals surface area contributed by atoms with Gasteiger partial charge in [-0.1, -0.05) is 121 Å². The monoisotopic (exact) mass is 494 g/mol. The first-order chi connectivity index (χ1) is 16.2. The van der Waals surface area contributed by atoms with Crippen molar-refractivity contribution >= 4 is 5.91 Å². The molecule has 3 nitrogen and oxygen atoms in total. The Labute approximate surface area is 218 Å². The molecule has 1 amide bonds. The molecule has 1 aromatic rings. The fourth-order valence-corrected chi connectivity index (χ4v) is 4.81. The molecule has 0 saturated carbocycles. The highest BCUT2D eigenvalue weighted by atomic mass is 35.5. The summed E-state index contributed by atoms with van der Waals surface area (Å²) in [6.45, 7) is 11.8. The minimum Gasteiger partial charge on any atom is -1.00 e. The van der Waals surface area contributed by atoms with Gasteiger partial charge in [-0.3, -0.25) is 4.79 Å². The van der Waals surface area contributed by atoms with Crippen molar-refractivity contribution in [2.24, 2.45) is 0 Å². The lowest BCUT2D eigenvalue weighted by Gasteiger charge is -2.37. The summed E-state index contributed by atoms with van der Waals surface area (Å²) in [7, 11) is 0. The van der Waals surface area contributed by atoms with Crippen LogP contribution in [0.5, 0.6) is 0 Å². The number of amides is 1. The molecule has 0 unspecified atom stereocenters. The zero-order chi connectivity index (χ0) is 24.0. The maximum Gasteiger partial charge on any atom is 0.220 e. The number of carbonyl (C=O) groups excluding carboxylic acids is 1. The highest BCUT2D eigenvalue weighted by molar-refractivity contribution is 5.75. The predicted octanol–water partition coefficient (Wildman–Crippen LogP) is 5.03. The minimum atomic E-state index is 0. The van der Waals surface area contributed by atoms with Gasteiger partial charge in [0, 0.05) is 12.0 Å². The van der Waals surface area contributed by atoms with Crippen LogP contribution in [0.25, 0.3) is 0 Å². The van der Waals surface area contributed by atoms with Crippen molar-refractivity contribution < 1.29 is 21.7 Å². The van der Waals surface area contributed by atoms with Gasteiger partial charge in [0.15, 0.2) is 0 Å². The number of hydrogen-bond donors (Lipinski definition) is 1. The van der Waals surface area contributed by atoms with E-state index in [0.717, 1.165) is 43.6 Å². The summed E-state index contributed by atoms with van der Waals surface area (Å²) in [5, 5.41) is 3.18. The molecule has 0 aliphatic rings. The summed E-state index contributed by atoms with van der Waals surface area (Å²) in [5.74, 6) is 0.235. The highest BCUT2D eigenvalue weighted by Gasteiger charge is 2.23. The van der Waals surface area contributed by atoms with Gasteiger partial charge < -0.3 is 22.2 Å². The lowest BCUT2D eigenvalue weighted by Crippen LogP contribution is -3.00. The molecule has 0 atom stereocenters. The van der Waals surface area contributed by atoms with Crippen molar-refractivity contribution in [2.75, 3.05) is 26.2 Å². The summed E-state index contributed by atoms with van der Waals surface area (Å²) >= 11 is 0. The number of unbranched alkanes of at least 4 members (excludes halogenated alkanes) is 13. The molecule has 34 heavy (non-hydrogen) atoms. The van der Waals surface area contributed by atoms with Crippen LogP contribution in [0.3, 0.4) is 0 Å². The van der Waals surface area contributed by atoms with Gasteiger partial charge in [-0.15, -0.1) is 0 Å². The zero-order valence-electron chi connectivity index (χ0n) is 22.8. The summed E-state index contributed by atoms with van der Waals surface area (Å²) in [4.78, 5) is 12.3. The molecule has 0 saturated heterocycles. The smallest absolute Gasteiger partial charge is 0.220 e. The molecule has 1 rings (SSSR count). The molecule has 0 fully saturated rings. The largest absolute Gasteiger partial charge is 1.00 e. The minimum absolute atomic E-state index is 0. The van der Waals surface area contributed by atoms with Crippen LogP contribution in [0.1, 0.15) is 123 Å². The number of likely N-dealkylation sites (N-methyl/N-ethyl adjacent to an activating group) is 1. The molecule has 198 valence electrons. The summed E-state index contributed by atoms with van der Waals surface area (Å²) < 4.78 is 1.03. The molecule has 0 aliphatic heterocycles. The Bertz CT molecular complexity index is 574. The number of rotatable bonds is 22. The standard InChI is InChI=1S/C30H54N2O.ClH/c1-4-7-8-9-10-11-12-13-14-15-16-17-18-22-25-30(33)31-26-27-32(5-2,6-3)28-29-23-20-19-21-24-29;/h19-21,23-24H,4-18,22,25-28H2,1-3H3;1H. The van der Waals surface area contributed by atoms with Gasteiger partial charge >= 0.3 is 0 Å². The Morgan fingerprint density at radius 2 is 1.18 bits per heavy atom. The van der Waals surface area contributed by atoms with E-state index in [0.29, 0.717) is 6.42 Å². The number of halogens is 1. The first-order valence-electron chi connectivity index (χ1n) is 14.3. The number of nitrogens with one attached hydrogen (secondary N) is 1. The topological polar surface area (TPSA) is 29.1 Å². The van der Waals surface area contributed by atoms with Crippen LogP contribution in [-0.4, -0.2) is 36.6 Å². The van der Waals surface area contributed by atoms with E-state index in [2.05, 4.69) is 56.4 Å². The van der Waals surface area contributed by atoms with Crippen LogP contribution < -0.4 is 17.7 Å². The lowest BCUT2D eigenvalue weighted by molar-refractivity contribution is -0.936. The van der Waals surface area contributed by atoms with Gasteiger partial charge in [-0.2, -0.15) is 0 Å². The van der Waals surface area contributed by atoms with Crippen LogP contribution in [0.4, 0.5) is 0 Å².